The molecule has 5 nitrogen and oxygen atoms in total. The molecule has 0 unspecified atom stereocenters. The summed E-state index contributed by atoms with van der Waals surface area (Å²) in [4.78, 5) is 5.89. The number of benzene rings is 1. The fourth-order valence-electron chi connectivity index (χ4n) is 3.93. The summed E-state index contributed by atoms with van der Waals surface area (Å²) in [5.74, 6) is 0.864. The average Bonchev–Trinajstić information content (AvgIpc) is 3.23. The van der Waals surface area contributed by atoms with E-state index >= 15 is 0 Å². The second-order valence-electron chi connectivity index (χ2n) is 7.33. The predicted octanol–water partition coefficient (Wildman–Crippen LogP) is 4.63. The van der Waals surface area contributed by atoms with Gasteiger partial charge in [-0.2, -0.15) is 0 Å². The molecule has 138 valence electrons. The molecule has 5 rings (SSSR count). The van der Waals surface area contributed by atoms with E-state index in [1.807, 2.05) is 23.6 Å². The molecule has 3 aromatic heterocycles. The number of hydrogen-bond donors (Lipinski definition) is 2. The van der Waals surface area contributed by atoms with Crippen molar-refractivity contribution in [3.8, 4) is 10.6 Å². The van der Waals surface area contributed by atoms with Crippen molar-refractivity contribution in [1.82, 2.24) is 14.6 Å². The average molecular weight is 379 g/mol. The van der Waals surface area contributed by atoms with E-state index in [1.165, 1.54) is 15.0 Å². The van der Waals surface area contributed by atoms with Crippen LogP contribution in [0.15, 0.2) is 42.5 Å². The Labute approximate surface area is 161 Å². The summed E-state index contributed by atoms with van der Waals surface area (Å²) in [6.45, 7) is 2.05. The third kappa shape index (κ3) is 3.09. The third-order valence-corrected chi connectivity index (χ3v) is 6.48. The molecule has 3 heterocycles. The van der Waals surface area contributed by atoms with Gasteiger partial charge in [-0.1, -0.05) is 18.2 Å². The Morgan fingerprint density at radius 1 is 1.11 bits per heavy atom. The highest BCUT2D eigenvalue weighted by atomic mass is 32.1. The molecule has 0 saturated heterocycles. The van der Waals surface area contributed by atoms with Gasteiger partial charge in [0.25, 0.3) is 0 Å². The zero-order chi connectivity index (χ0) is 18.4. The second kappa shape index (κ2) is 6.62. The highest BCUT2D eigenvalue weighted by Crippen LogP contribution is 2.35. The molecule has 0 radical (unpaired) electrons. The Morgan fingerprint density at radius 2 is 1.93 bits per heavy atom. The standard InChI is InChI=1S/C21H22N4OS/c1-13-21(18-12-14-4-2-3-5-17(14)27-18)25-20(22-13)11-10-19(24-25)23-15-6-8-16(26)9-7-15/h2-5,10-12,15-16,26H,6-9H2,1H3,(H,23,24). The zero-order valence-corrected chi connectivity index (χ0v) is 16.0. The molecule has 27 heavy (non-hydrogen) atoms. The van der Waals surface area contributed by atoms with Gasteiger partial charge in [0.15, 0.2) is 5.65 Å². The summed E-state index contributed by atoms with van der Waals surface area (Å²) in [7, 11) is 0. The van der Waals surface area contributed by atoms with Crippen LogP contribution < -0.4 is 5.32 Å². The number of aromatic nitrogens is 3. The Hall–Kier alpha value is -2.44. The fraction of sp³-hybridized carbons (Fsp3) is 0.333. The van der Waals surface area contributed by atoms with Crippen molar-refractivity contribution in [3.05, 3.63) is 48.2 Å². The van der Waals surface area contributed by atoms with Crippen molar-refractivity contribution in [2.45, 2.75) is 44.8 Å². The number of aryl methyl sites for hydroxylation is 1. The van der Waals surface area contributed by atoms with Gasteiger partial charge in [-0.3, -0.25) is 0 Å². The van der Waals surface area contributed by atoms with Crippen molar-refractivity contribution >= 4 is 32.9 Å². The van der Waals surface area contributed by atoms with Crippen molar-refractivity contribution in [1.29, 1.82) is 0 Å². The molecule has 1 saturated carbocycles. The summed E-state index contributed by atoms with van der Waals surface area (Å²) < 4.78 is 3.23. The summed E-state index contributed by atoms with van der Waals surface area (Å²) in [5, 5.41) is 19.3. The van der Waals surface area contributed by atoms with E-state index in [2.05, 4.69) is 35.6 Å². The maximum atomic E-state index is 9.70. The van der Waals surface area contributed by atoms with Gasteiger partial charge in [-0.05, 0) is 62.3 Å². The maximum absolute atomic E-state index is 9.70. The summed E-state index contributed by atoms with van der Waals surface area (Å²) >= 11 is 1.78. The molecule has 2 N–H and O–H groups in total. The van der Waals surface area contributed by atoms with Gasteiger partial charge in [0.05, 0.1) is 16.7 Å². The molecule has 0 bridgehead atoms. The van der Waals surface area contributed by atoms with E-state index in [0.29, 0.717) is 6.04 Å². The van der Waals surface area contributed by atoms with Crippen LogP contribution >= 0.6 is 11.3 Å². The van der Waals surface area contributed by atoms with Crippen molar-refractivity contribution < 1.29 is 5.11 Å². The largest absolute Gasteiger partial charge is 0.393 e. The summed E-state index contributed by atoms with van der Waals surface area (Å²) in [6, 6.07) is 15.1. The quantitative estimate of drug-likeness (QED) is 0.545. The van der Waals surface area contributed by atoms with E-state index in [0.717, 1.165) is 48.5 Å². The minimum Gasteiger partial charge on any atom is -0.393 e. The van der Waals surface area contributed by atoms with Gasteiger partial charge in [0.2, 0.25) is 0 Å². The number of nitrogens with one attached hydrogen (secondary N) is 1. The SMILES string of the molecule is Cc1nc2ccc(NC3CCC(O)CC3)nn2c1-c1cc2ccccc2s1. The summed E-state index contributed by atoms with van der Waals surface area (Å²) in [5.41, 5.74) is 2.92. The van der Waals surface area contributed by atoms with Crippen LogP contribution in [0.3, 0.4) is 0 Å². The lowest BCUT2D eigenvalue weighted by molar-refractivity contribution is 0.126. The first-order chi connectivity index (χ1) is 13.2. The van der Waals surface area contributed by atoms with Gasteiger partial charge in [0, 0.05) is 10.7 Å². The molecular formula is C21H22N4OS. The third-order valence-electron chi connectivity index (χ3n) is 5.36. The van der Waals surface area contributed by atoms with Crippen LogP contribution in [0.1, 0.15) is 31.4 Å². The van der Waals surface area contributed by atoms with Crippen LogP contribution in [-0.4, -0.2) is 31.9 Å². The van der Waals surface area contributed by atoms with Gasteiger partial charge >= 0.3 is 0 Å². The van der Waals surface area contributed by atoms with E-state index < -0.39 is 0 Å². The van der Waals surface area contributed by atoms with E-state index in [-0.39, 0.29) is 6.10 Å². The molecular weight excluding hydrogens is 356 g/mol. The lowest BCUT2D eigenvalue weighted by Gasteiger charge is -2.26. The first-order valence-corrected chi connectivity index (χ1v) is 10.3. The Bertz CT molecular complexity index is 1070. The van der Waals surface area contributed by atoms with Gasteiger partial charge in [0.1, 0.15) is 11.5 Å². The Morgan fingerprint density at radius 3 is 2.74 bits per heavy atom. The Balaban J connectivity index is 1.53. The van der Waals surface area contributed by atoms with Crippen molar-refractivity contribution in [2.24, 2.45) is 0 Å². The Kier molecular flexibility index (Phi) is 4.10. The second-order valence-corrected chi connectivity index (χ2v) is 8.42. The van der Waals surface area contributed by atoms with Gasteiger partial charge in [-0.25, -0.2) is 9.50 Å². The predicted molar refractivity (Wildman–Crippen MR) is 110 cm³/mol. The number of aliphatic hydroxyl groups excluding tert-OH is 1. The molecule has 0 spiro atoms. The van der Waals surface area contributed by atoms with Crippen LogP contribution in [-0.2, 0) is 0 Å². The molecule has 1 aromatic carbocycles. The van der Waals surface area contributed by atoms with Crippen molar-refractivity contribution in [2.75, 3.05) is 5.32 Å². The molecule has 0 aliphatic heterocycles. The topological polar surface area (TPSA) is 62.5 Å². The number of anilines is 1. The lowest BCUT2D eigenvalue weighted by Crippen LogP contribution is -2.28. The van der Waals surface area contributed by atoms with Crippen LogP contribution in [0.2, 0.25) is 0 Å². The first kappa shape index (κ1) is 16.7. The van der Waals surface area contributed by atoms with E-state index in [1.54, 1.807) is 11.3 Å². The number of thiophene rings is 1. The minimum atomic E-state index is -0.144. The number of hydrogen-bond acceptors (Lipinski definition) is 5. The number of rotatable bonds is 3. The monoisotopic (exact) mass is 378 g/mol. The zero-order valence-electron chi connectivity index (χ0n) is 15.2. The molecule has 1 aliphatic rings. The van der Waals surface area contributed by atoms with Gasteiger partial charge < -0.3 is 10.4 Å². The normalized spacial score (nSPS) is 20.4. The molecule has 1 fully saturated rings. The first-order valence-electron chi connectivity index (χ1n) is 9.47. The van der Waals surface area contributed by atoms with Crippen molar-refractivity contribution in [3.63, 3.8) is 0 Å². The number of imidazole rings is 1. The smallest absolute Gasteiger partial charge is 0.154 e. The van der Waals surface area contributed by atoms with Crippen LogP contribution in [0.5, 0.6) is 0 Å². The van der Waals surface area contributed by atoms with Gasteiger partial charge in [-0.15, -0.1) is 16.4 Å². The molecule has 0 atom stereocenters. The van der Waals surface area contributed by atoms with E-state index in [9.17, 15) is 5.11 Å². The molecule has 6 heteroatoms. The maximum Gasteiger partial charge on any atom is 0.154 e. The molecule has 4 aromatic rings. The highest BCUT2D eigenvalue weighted by molar-refractivity contribution is 7.22. The van der Waals surface area contributed by atoms with E-state index in [4.69, 9.17) is 10.1 Å². The number of aliphatic hydroxyl groups is 1. The van der Waals surface area contributed by atoms with Crippen LogP contribution in [0.4, 0.5) is 5.82 Å². The minimum absolute atomic E-state index is 0.144. The van der Waals surface area contributed by atoms with Crippen LogP contribution in [0, 0.1) is 6.92 Å². The van der Waals surface area contributed by atoms with Crippen LogP contribution in [0.25, 0.3) is 26.3 Å². The molecule has 0 amide bonds. The number of fused-ring (bicyclic) bond motifs is 2. The molecule has 1 aliphatic carbocycles. The lowest BCUT2D eigenvalue weighted by atomic mass is 9.93. The number of nitrogens with zero attached hydrogens (tertiary/aromatic N) is 3. The highest BCUT2D eigenvalue weighted by Gasteiger charge is 2.20. The summed E-state index contributed by atoms with van der Waals surface area (Å²) in [6.07, 6.45) is 3.53. The fourth-order valence-corrected chi connectivity index (χ4v) is 5.08.